The molecule has 2 aromatic heterocycles. The van der Waals surface area contributed by atoms with Crippen LogP contribution in [0.1, 0.15) is 17.2 Å². The molecule has 0 spiro atoms. The van der Waals surface area contributed by atoms with Crippen LogP contribution in [0.2, 0.25) is 10.0 Å². The molecule has 33 heavy (non-hydrogen) atoms. The fourth-order valence-corrected chi connectivity index (χ4v) is 6.67. The van der Waals surface area contributed by atoms with Crippen molar-refractivity contribution < 1.29 is 0 Å². The van der Waals surface area contributed by atoms with E-state index in [0.29, 0.717) is 11.7 Å². The number of hydrogen-bond acceptors (Lipinski definition) is 6. The molecule has 0 radical (unpaired) electrons. The van der Waals surface area contributed by atoms with E-state index in [1.165, 1.54) is 16.6 Å². The molecule has 4 aromatic rings. The van der Waals surface area contributed by atoms with Gasteiger partial charge < -0.3 is 9.88 Å². The van der Waals surface area contributed by atoms with Crippen LogP contribution in [0.25, 0.3) is 21.1 Å². The summed E-state index contributed by atoms with van der Waals surface area (Å²) in [5, 5.41) is 3.77. The number of thiol groups is 1. The Morgan fingerprint density at radius 1 is 1.24 bits per heavy atom. The first-order valence-corrected chi connectivity index (χ1v) is 13.9. The molecule has 1 aliphatic heterocycles. The molecule has 0 saturated carbocycles. The topological polar surface area (TPSA) is 44.3 Å². The summed E-state index contributed by atoms with van der Waals surface area (Å²) in [5.41, 5.74) is 4.76. The van der Waals surface area contributed by atoms with Gasteiger partial charge in [0.1, 0.15) is 0 Å². The van der Waals surface area contributed by atoms with Crippen molar-refractivity contribution in [2.45, 2.75) is 12.5 Å². The zero-order valence-corrected chi connectivity index (χ0v) is 21.7. The highest BCUT2D eigenvalue weighted by molar-refractivity contribution is 7.99. The molecule has 3 heterocycles. The molecule has 0 bridgehead atoms. The predicted molar refractivity (Wildman–Crippen MR) is 151 cm³/mol. The Balaban J connectivity index is 1.43. The Morgan fingerprint density at radius 3 is 2.97 bits per heavy atom. The van der Waals surface area contributed by atoms with Gasteiger partial charge in [-0.1, -0.05) is 40.6 Å². The van der Waals surface area contributed by atoms with Crippen LogP contribution in [0.3, 0.4) is 0 Å². The molecule has 2 aromatic carbocycles. The van der Waals surface area contributed by atoms with Crippen molar-refractivity contribution in [2.75, 3.05) is 28.7 Å². The fraction of sp³-hybridized carbons (Fsp3) is 0.250. The number of aromatic nitrogens is 2. The molecule has 4 nitrogen and oxygen atoms in total. The minimum Gasteiger partial charge on any atom is -0.357 e. The van der Waals surface area contributed by atoms with Gasteiger partial charge in [0.2, 0.25) is 0 Å². The number of halogens is 2. The van der Waals surface area contributed by atoms with Crippen molar-refractivity contribution in [3.63, 3.8) is 0 Å². The number of thiazole rings is 1. The van der Waals surface area contributed by atoms with Gasteiger partial charge in [0.15, 0.2) is 5.13 Å². The van der Waals surface area contributed by atoms with Crippen LogP contribution in [0.5, 0.6) is 0 Å². The summed E-state index contributed by atoms with van der Waals surface area (Å²) < 4.78 is 1.12. The first kappa shape index (κ1) is 23.1. The zero-order chi connectivity index (χ0) is 22.8. The van der Waals surface area contributed by atoms with Crippen LogP contribution in [0, 0.1) is 0 Å². The van der Waals surface area contributed by atoms with Gasteiger partial charge in [-0.3, -0.25) is 4.99 Å². The number of fused-ring (bicyclic) bond motifs is 4. The first-order valence-electron chi connectivity index (χ1n) is 10.6. The minimum absolute atomic E-state index is 0.357. The SMILES string of the molecule is SC/C=N\C=C/CSCC1CN(c2nc3ccc(Cl)cc3s2)Cc2[nH]c3ccc(Cl)cc3c21. The van der Waals surface area contributed by atoms with Crippen molar-refractivity contribution in [1.29, 1.82) is 0 Å². The van der Waals surface area contributed by atoms with E-state index < -0.39 is 0 Å². The second kappa shape index (κ2) is 10.3. The second-order valence-corrected chi connectivity index (χ2v) is 11.2. The molecular weight excluding hydrogens is 511 g/mol. The normalized spacial score (nSPS) is 16.6. The Hall–Kier alpha value is -1.64. The van der Waals surface area contributed by atoms with Crippen LogP contribution in [0.15, 0.2) is 53.7 Å². The lowest BCUT2D eigenvalue weighted by molar-refractivity contribution is 0.642. The van der Waals surface area contributed by atoms with E-state index in [0.717, 1.165) is 55.5 Å². The zero-order valence-electron chi connectivity index (χ0n) is 17.7. The molecular formula is C24H22Cl2N4S3. The molecule has 1 unspecified atom stereocenters. The highest BCUT2D eigenvalue weighted by Crippen LogP contribution is 2.40. The fourth-order valence-electron chi connectivity index (χ4n) is 4.24. The van der Waals surface area contributed by atoms with E-state index in [1.807, 2.05) is 42.2 Å². The average molecular weight is 534 g/mol. The number of aromatic amines is 1. The van der Waals surface area contributed by atoms with Gasteiger partial charge in [-0.25, -0.2) is 4.98 Å². The van der Waals surface area contributed by atoms with Gasteiger partial charge in [-0.05, 0) is 42.0 Å². The minimum atomic E-state index is 0.357. The molecule has 9 heteroatoms. The van der Waals surface area contributed by atoms with Gasteiger partial charge in [0.25, 0.3) is 0 Å². The van der Waals surface area contributed by atoms with Crippen molar-refractivity contribution in [2.24, 2.45) is 4.99 Å². The number of thioether (sulfide) groups is 1. The standard InChI is InChI=1S/C24H22Cl2N4S3/c25-16-2-4-19-18(10-16)23-15(14-32-9-1-6-27-7-8-31)12-30(13-21(23)28-19)24-29-20-5-3-17(26)11-22(20)33-24/h1-7,10-11,15,28,31H,8-9,12-14H2/b6-1-,27-7-. The number of rotatable bonds is 7. The lowest BCUT2D eigenvalue weighted by atomic mass is 9.93. The van der Waals surface area contributed by atoms with E-state index >= 15 is 0 Å². The van der Waals surface area contributed by atoms with E-state index in [2.05, 4.69) is 45.7 Å². The van der Waals surface area contributed by atoms with E-state index in [1.54, 1.807) is 17.6 Å². The number of anilines is 1. The summed E-state index contributed by atoms with van der Waals surface area (Å²) in [6, 6.07) is 12.0. The lowest BCUT2D eigenvalue weighted by Crippen LogP contribution is -2.34. The maximum atomic E-state index is 6.36. The van der Waals surface area contributed by atoms with Crippen molar-refractivity contribution in [3.8, 4) is 0 Å². The smallest absolute Gasteiger partial charge is 0.186 e. The van der Waals surface area contributed by atoms with Crippen molar-refractivity contribution in [1.82, 2.24) is 9.97 Å². The van der Waals surface area contributed by atoms with Crippen LogP contribution in [-0.4, -0.2) is 40.0 Å². The number of nitrogens with one attached hydrogen (secondary N) is 1. The Morgan fingerprint density at radius 2 is 2.09 bits per heavy atom. The van der Waals surface area contributed by atoms with Crippen LogP contribution in [-0.2, 0) is 6.54 Å². The molecule has 1 N–H and O–H groups in total. The maximum Gasteiger partial charge on any atom is 0.186 e. The maximum absolute atomic E-state index is 6.36. The van der Waals surface area contributed by atoms with E-state index in [4.69, 9.17) is 28.2 Å². The quantitative estimate of drug-likeness (QED) is 0.147. The summed E-state index contributed by atoms with van der Waals surface area (Å²) in [5.74, 6) is 2.92. The number of nitrogens with zero attached hydrogens (tertiary/aromatic N) is 3. The second-order valence-electron chi connectivity index (χ2n) is 7.83. The summed E-state index contributed by atoms with van der Waals surface area (Å²) >= 11 is 20.3. The van der Waals surface area contributed by atoms with Gasteiger partial charge in [-0.15, -0.1) is 0 Å². The Labute approximate surface area is 216 Å². The Kier molecular flexibility index (Phi) is 7.23. The lowest BCUT2D eigenvalue weighted by Gasteiger charge is -2.33. The summed E-state index contributed by atoms with van der Waals surface area (Å²) in [4.78, 5) is 15.1. The third-order valence-electron chi connectivity index (χ3n) is 5.60. The predicted octanol–water partition coefficient (Wildman–Crippen LogP) is 7.44. The monoisotopic (exact) mass is 532 g/mol. The number of benzene rings is 2. The van der Waals surface area contributed by atoms with Gasteiger partial charge in [0, 0.05) is 68.8 Å². The molecule has 0 fully saturated rings. The first-order chi connectivity index (χ1) is 16.1. The largest absolute Gasteiger partial charge is 0.357 e. The van der Waals surface area contributed by atoms with Crippen LogP contribution in [0.4, 0.5) is 5.13 Å². The third-order valence-corrected chi connectivity index (χ3v) is 8.38. The summed E-state index contributed by atoms with van der Waals surface area (Å²) in [6.07, 6.45) is 5.73. The molecule has 1 atom stereocenters. The molecule has 5 rings (SSSR count). The Bertz CT molecular complexity index is 1340. The number of aliphatic imine (C=N–C) groups is 1. The van der Waals surface area contributed by atoms with E-state index in [-0.39, 0.29) is 0 Å². The van der Waals surface area contributed by atoms with Gasteiger partial charge in [-0.2, -0.15) is 24.4 Å². The molecule has 1 aliphatic rings. The number of H-pyrrole nitrogens is 1. The summed E-state index contributed by atoms with van der Waals surface area (Å²) in [6.45, 7) is 1.71. The average Bonchev–Trinajstić information content (AvgIpc) is 3.39. The third kappa shape index (κ3) is 5.08. The van der Waals surface area contributed by atoms with Crippen molar-refractivity contribution in [3.05, 3.63) is 70.0 Å². The molecule has 0 amide bonds. The van der Waals surface area contributed by atoms with Crippen LogP contribution < -0.4 is 4.90 Å². The summed E-state index contributed by atoms with van der Waals surface area (Å²) in [7, 11) is 0. The highest BCUT2D eigenvalue weighted by Gasteiger charge is 2.30. The molecule has 0 saturated heterocycles. The molecule has 170 valence electrons. The van der Waals surface area contributed by atoms with Crippen LogP contribution >= 0.6 is 58.9 Å². The van der Waals surface area contributed by atoms with Crippen molar-refractivity contribution >= 4 is 91.4 Å². The molecule has 0 aliphatic carbocycles. The number of hydrogen-bond donors (Lipinski definition) is 2. The van der Waals surface area contributed by atoms with Gasteiger partial charge in [0.05, 0.1) is 16.8 Å². The highest BCUT2D eigenvalue weighted by atomic mass is 35.5. The van der Waals surface area contributed by atoms with E-state index in [9.17, 15) is 0 Å². The van der Waals surface area contributed by atoms with Gasteiger partial charge >= 0.3 is 0 Å².